The summed E-state index contributed by atoms with van der Waals surface area (Å²) in [5, 5.41) is 12.3. The monoisotopic (exact) mass is 492 g/mol. The average molecular weight is 493 g/mol. The van der Waals surface area contributed by atoms with Crippen LogP contribution in [0.25, 0.3) is 10.8 Å². The summed E-state index contributed by atoms with van der Waals surface area (Å²) >= 11 is 6.26. The van der Waals surface area contributed by atoms with Gasteiger partial charge in [-0.1, -0.05) is 73.5 Å². The Morgan fingerprint density at radius 1 is 1.09 bits per heavy atom. The number of aliphatic hydroxyl groups excluding tert-OH is 1. The Morgan fingerprint density at radius 3 is 2.51 bits per heavy atom. The number of unbranched alkanes of at least 4 members (excludes halogenated alkanes) is 1. The van der Waals surface area contributed by atoms with Crippen LogP contribution in [0.1, 0.15) is 48.5 Å². The molecule has 1 aromatic heterocycles. The summed E-state index contributed by atoms with van der Waals surface area (Å²) in [7, 11) is 1.36. The fourth-order valence-corrected chi connectivity index (χ4v) is 4.35. The lowest BCUT2D eigenvalue weighted by atomic mass is 10.0. The highest BCUT2D eigenvalue weighted by molar-refractivity contribution is 6.30. The fourth-order valence-electron chi connectivity index (χ4n) is 4.09. The molecule has 0 aliphatic heterocycles. The molecule has 7 heteroatoms. The van der Waals surface area contributed by atoms with Gasteiger partial charge in [-0.3, -0.25) is 0 Å². The zero-order chi connectivity index (χ0) is 24.8. The SMILES string of the molecule is CCCCc1nc(Cl)c(CO)n1Cc1ccc(OC(C(=O)OC)c2ccc3ccccc3c2)cc1. The van der Waals surface area contributed by atoms with Crippen LogP contribution in [0.5, 0.6) is 5.75 Å². The van der Waals surface area contributed by atoms with Crippen molar-refractivity contribution in [3.63, 3.8) is 0 Å². The molecule has 4 aromatic rings. The lowest BCUT2D eigenvalue weighted by Crippen LogP contribution is -2.20. The van der Waals surface area contributed by atoms with Gasteiger partial charge in [0.2, 0.25) is 6.10 Å². The molecule has 4 rings (SSSR count). The second kappa shape index (κ2) is 11.4. The van der Waals surface area contributed by atoms with Gasteiger partial charge < -0.3 is 19.1 Å². The quantitative estimate of drug-likeness (QED) is 0.280. The number of aromatic nitrogens is 2. The minimum absolute atomic E-state index is 0.175. The number of halogens is 1. The maximum Gasteiger partial charge on any atom is 0.351 e. The predicted molar refractivity (Wildman–Crippen MR) is 137 cm³/mol. The summed E-state index contributed by atoms with van der Waals surface area (Å²) in [5.74, 6) is 0.948. The Labute approximate surface area is 210 Å². The smallest absolute Gasteiger partial charge is 0.351 e. The van der Waals surface area contributed by atoms with Gasteiger partial charge in [-0.05, 0) is 41.0 Å². The number of ether oxygens (including phenoxy) is 2. The summed E-state index contributed by atoms with van der Waals surface area (Å²) in [6, 6.07) is 21.3. The first-order valence-corrected chi connectivity index (χ1v) is 12.1. The molecule has 1 N–H and O–H groups in total. The van der Waals surface area contributed by atoms with Crippen molar-refractivity contribution < 1.29 is 19.4 Å². The third-order valence-corrected chi connectivity index (χ3v) is 6.32. The Bertz CT molecular complexity index is 1300. The van der Waals surface area contributed by atoms with E-state index in [1.165, 1.54) is 7.11 Å². The highest BCUT2D eigenvalue weighted by Crippen LogP contribution is 2.27. The summed E-state index contributed by atoms with van der Waals surface area (Å²) in [6.45, 7) is 2.48. The molecule has 0 fully saturated rings. The van der Waals surface area contributed by atoms with Crippen molar-refractivity contribution in [2.45, 2.75) is 45.4 Å². The number of aliphatic hydroxyl groups is 1. The first-order chi connectivity index (χ1) is 17.0. The molecule has 0 bridgehead atoms. The van der Waals surface area contributed by atoms with E-state index in [4.69, 9.17) is 21.1 Å². The minimum atomic E-state index is -0.885. The number of rotatable bonds is 10. The number of hydrogen-bond donors (Lipinski definition) is 1. The van der Waals surface area contributed by atoms with Gasteiger partial charge in [0.25, 0.3) is 0 Å². The Kier molecular flexibility index (Phi) is 8.06. The number of benzene rings is 3. The van der Waals surface area contributed by atoms with Crippen molar-refractivity contribution in [2.24, 2.45) is 0 Å². The van der Waals surface area contributed by atoms with Crippen LogP contribution >= 0.6 is 11.6 Å². The highest BCUT2D eigenvalue weighted by Gasteiger charge is 2.24. The molecule has 182 valence electrons. The maximum atomic E-state index is 12.6. The molecule has 1 heterocycles. The Hall–Kier alpha value is -3.35. The van der Waals surface area contributed by atoms with Gasteiger partial charge >= 0.3 is 5.97 Å². The first-order valence-electron chi connectivity index (χ1n) is 11.7. The van der Waals surface area contributed by atoms with Crippen LogP contribution in [0.15, 0.2) is 66.7 Å². The van der Waals surface area contributed by atoms with Crippen LogP contribution in [-0.2, 0) is 29.1 Å². The van der Waals surface area contributed by atoms with E-state index in [2.05, 4.69) is 11.9 Å². The van der Waals surface area contributed by atoms with Gasteiger partial charge in [0, 0.05) is 18.5 Å². The van der Waals surface area contributed by atoms with Crippen molar-refractivity contribution in [1.29, 1.82) is 0 Å². The summed E-state index contributed by atoms with van der Waals surface area (Å²) in [6.07, 6.45) is 1.95. The maximum absolute atomic E-state index is 12.6. The topological polar surface area (TPSA) is 73.6 Å². The fraction of sp³-hybridized carbons (Fsp3) is 0.286. The molecule has 0 saturated heterocycles. The average Bonchev–Trinajstić information content (AvgIpc) is 3.19. The van der Waals surface area contributed by atoms with E-state index < -0.39 is 12.1 Å². The van der Waals surface area contributed by atoms with Gasteiger partial charge in [0.1, 0.15) is 11.6 Å². The molecule has 0 spiro atoms. The first kappa shape index (κ1) is 24.8. The number of imidazole rings is 1. The van der Waals surface area contributed by atoms with Crippen LogP contribution in [0, 0.1) is 0 Å². The molecular weight excluding hydrogens is 464 g/mol. The molecule has 0 saturated carbocycles. The van der Waals surface area contributed by atoms with Crippen molar-refractivity contribution in [3.05, 3.63) is 94.5 Å². The third-order valence-electron chi connectivity index (χ3n) is 6.02. The molecule has 1 unspecified atom stereocenters. The molecule has 35 heavy (non-hydrogen) atoms. The van der Waals surface area contributed by atoms with Crippen molar-refractivity contribution >= 4 is 28.3 Å². The molecule has 0 radical (unpaired) electrons. The number of carbonyl (C=O) groups excluding carboxylic acids is 1. The second-order valence-electron chi connectivity index (χ2n) is 8.38. The number of fused-ring (bicyclic) bond motifs is 1. The lowest BCUT2D eigenvalue weighted by molar-refractivity contribution is -0.149. The van der Waals surface area contributed by atoms with E-state index in [1.54, 1.807) is 0 Å². The number of aryl methyl sites for hydroxylation is 1. The van der Waals surface area contributed by atoms with Crippen molar-refractivity contribution in [1.82, 2.24) is 9.55 Å². The van der Waals surface area contributed by atoms with E-state index in [-0.39, 0.29) is 6.61 Å². The van der Waals surface area contributed by atoms with E-state index in [1.807, 2.05) is 71.3 Å². The molecular formula is C28H29ClN2O4. The molecule has 0 aliphatic rings. The zero-order valence-electron chi connectivity index (χ0n) is 19.9. The van der Waals surface area contributed by atoms with Crippen LogP contribution in [0.3, 0.4) is 0 Å². The number of methoxy groups -OCH3 is 1. The second-order valence-corrected chi connectivity index (χ2v) is 8.74. The van der Waals surface area contributed by atoms with Crippen LogP contribution in [0.2, 0.25) is 5.15 Å². The van der Waals surface area contributed by atoms with E-state index in [0.29, 0.717) is 23.1 Å². The molecule has 1 atom stereocenters. The number of hydrogen-bond acceptors (Lipinski definition) is 5. The summed E-state index contributed by atoms with van der Waals surface area (Å²) in [4.78, 5) is 17.0. The van der Waals surface area contributed by atoms with E-state index in [0.717, 1.165) is 47.0 Å². The summed E-state index contributed by atoms with van der Waals surface area (Å²) < 4.78 is 13.1. The van der Waals surface area contributed by atoms with Gasteiger partial charge in [0.15, 0.2) is 5.15 Å². The van der Waals surface area contributed by atoms with E-state index >= 15 is 0 Å². The van der Waals surface area contributed by atoms with Crippen LogP contribution in [-0.4, -0.2) is 27.7 Å². The van der Waals surface area contributed by atoms with E-state index in [9.17, 15) is 9.90 Å². The van der Waals surface area contributed by atoms with Gasteiger partial charge in [-0.2, -0.15) is 0 Å². The largest absolute Gasteiger partial charge is 0.474 e. The van der Waals surface area contributed by atoms with Crippen molar-refractivity contribution in [2.75, 3.05) is 7.11 Å². The van der Waals surface area contributed by atoms with Crippen LogP contribution < -0.4 is 4.74 Å². The zero-order valence-corrected chi connectivity index (χ0v) is 20.7. The van der Waals surface area contributed by atoms with Crippen LogP contribution in [0.4, 0.5) is 0 Å². The van der Waals surface area contributed by atoms with Crippen molar-refractivity contribution in [3.8, 4) is 5.75 Å². The molecule has 3 aromatic carbocycles. The standard InChI is InChI=1S/C28H29ClN2O4/c1-3-4-9-25-30-27(29)24(18-32)31(25)17-19-10-14-23(15-11-19)35-26(28(33)34-2)22-13-12-20-7-5-6-8-21(20)16-22/h5-8,10-16,26,32H,3-4,9,17-18H2,1-2H3. The highest BCUT2D eigenvalue weighted by atomic mass is 35.5. The minimum Gasteiger partial charge on any atom is -0.474 e. The molecule has 0 aliphatic carbocycles. The normalized spacial score (nSPS) is 12.0. The molecule has 6 nitrogen and oxygen atoms in total. The van der Waals surface area contributed by atoms with Gasteiger partial charge in [-0.25, -0.2) is 9.78 Å². The number of nitrogens with zero attached hydrogens (tertiary/aromatic N) is 2. The van der Waals surface area contributed by atoms with Gasteiger partial charge in [-0.15, -0.1) is 0 Å². The Morgan fingerprint density at radius 2 is 1.83 bits per heavy atom. The number of carbonyl (C=O) groups is 1. The summed E-state index contributed by atoms with van der Waals surface area (Å²) in [5.41, 5.74) is 2.33. The third kappa shape index (κ3) is 5.66. The van der Waals surface area contributed by atoms with Gasteiger partial charge in [0.05, 0.1) is 19.4 Å². The predicted octanol–water partition coefficient (Wildman–Crippen LogP) is 5.87. The Balaban J connectivity index is 1.55. The number of esters is 1. The molecule has 0 amide bonds. The lowest BCUT2D eigenvalue weighted by Gasteiger charge is -2.18.